The van der Waals surface area contributed by atoms with Crippen LogP contribution < -0.4 is 11.3 Å². The van der Waals surface area contributed by atoms with Gasteiger partial charge < -0.3 is 0 Å². The van der Waals surface area contributed by atoms with E-state index in [-0.39, 0.29) is 10.8 Å². The molecule has 1 aliphatic heterocycles. The Bertz CT molecular complexity index is 578. The summed E-state index contributed by atoms with van der Waals surface area (Å²) in [6.45, 7) is 2.30. The van der Waals surface area contributed by atoms with Crippen molar-refractivity contribution in [1.82, 2.24) is 10.4 Å². The van der Waals surface area contributed by atoms with Crippen molar-refractivity contribution in [1.29, 1.82) is 0 Å². The molecule has 2 atom stereocenters. The molecular weight excluding hydrogens is 254 g/mol. The van der Waals surface area contributed by atoms with Crippen molar-refractivity contribution in [3.05, 3.63) is 42.1 Å². The summed E-state index contributed by atoms with van der Waals surface area (Å²) >= 11 is 2.01. The van der Waals surface area contributed by atoms with Crippen molar-refractivity contribution < 1.29 is 0 Å². The molecule has 1 aromatic heterocycles. The Morgan fingerprint density at radius 1 is 1.42 bits per heavy atom. The van der Waals surface area contributed by atoms with Crippen molar-refractivity contribution in [3.63, 3.8) is 0 Å². The van der Waals surface area contributed by atoms with Crippen molar-refractivity contribution in [2.45, 2.75) is 30.6 Å². The van der Waals surface area contributed by atoms with Crippen LogP contribution in [0.3, 0.4) is 0 Å². The topological polar surface area (TPSA) is 50.9 Å². The van der Waals surface area contributed by atoms with E-state index in [9.17, 15) is 0 Å². The lowest BCUT2D eigenvalue weighted by Crippen LogP contribution is -2.41. The van der Waals surface area contributed by atoms with E-state index in [0.29, 0.717) is 0 Å². The quantitative estimate of drug-likeness (QED) is 0.666. The second-order valence-electron chi connectivity index (χ2n) is 5.33. The molecule has 100 valence electrons. The van der Waals surface area contributed by atoms with E-state index in [1.807, 2.05) is 36.2 Å². The van der Waals surface area contributed by atoms with Gasteiger partial charge in [0.1, 0.15) is 0 Å². The average Bonchev–Trinajstić information content (AvgIpc) is 2.87. The maximum absolute atomic E-state index is 5.82. The first-order valence-electron chi connectivity index (χ1n) is 6.68. The number of para-hydroxylation sites is 1. The minimum absolute atomic E-state index is 0.150. The summed E-state index contributed by atoms with van der Waals surface area (Å²) in [5.41, 5.74) is 5.22. The number of hydrogen-bond acceptors (Lipinski definition) is 4. The predicted molar refractivity (Wildman–Crippen MR) is 81.9 cm³/mol. The first-order chi connectivity index (χ1) is 9.23. The molecule has 19 heavy (non-hydrogen) atoms. The van der Waals surface area contributed by atoms with Gasteiger partial charge in [0.25, 0.3) is 0 Å². The van der Waals surface area contributed by atoms with Crippen LogP contribution in [0, 0.1) is 0 Å². The summed E-state index contributed by atoms with van der Waals surface area (Å²) in [6.07, 6.45) is 4.41. The van der Waals surface area contributed by atoms with Crippen LogP contribution in [0.15, 0.2) is 36.5 Å². The smallest absolute Gasteiger partial charge is 0.0702 e. The number of nitrogens with zero attached hydrogens (tertiary/aromatic N) is 1. The minimum Gasteiger partial charge on any atom is -0.271 e. The average molecular weight is 273 g/mol. The highest BCUT2D eigenvalue weighted by Crippen LogP contribution is 2.46. The Morgan fingerprint density at radius 3 is 3.00 bits per heavy atom. The molecule has 3 N–H and O–H groups in total. The Morgan fingerprint density at radius 2 is 2.26 bits per heavy atom. The van der Waals surface area contributed by atoms with E-state index in [2.05, 4.69) is 29.5 Å². The Balaban J connectivity index is 2.01. The molecule has 1 saturated heterocycles. The van der Waals surface area contributed by atoms with Gasteiger partial charge >= 0.3 is 0 Å². The zero-order chi connectivity index (χ0) is 13.3. The molecule has 0 aliphatic carbocycles. The molecule has 0 bridgehead atoms. The molecule has 1 aromatic carbocycles. The lowest BCUT2D eigenvalue weighted by Gasteiger charge is -2.33. The number of rotatable bonds is 3. The molecule has 1 fully saturated rings. The van der Waals surface area contributed by atoms with Gasteiger partial charge in [-0.3, -0.25) is 16.3 Å². The zero-order valence-corrected chi connectivity index (χ0v) is 11.9. The fourth-order valence-corrected chi connectivity index (χ4v) is 4.31. The Kier molecular flexibility index (Phi) is 3.48. The molecule has 0 saturated carbocycles. The minimum atomic E-state index is 0.150. The van der Waals surface area contributed by atoms with E-state index in [1.165, 1.54) is 29.5 Å². The molecular formula is C15H19N3S. The number of nitrogens with two attached hydrogens (primary N) is 1. The number of hydrazine groups is 1. The van der Waals surface area contributed by atoms with E-state index in [1.54, 1.807) is 0 Å². The number of benzene rings is 1. The van der Waals surface area contributed by atoms with Crippen molar-refractivity contribution >= 4 is 22.7 Å². The summed E-state index contributed by atoms with van der Waals surface area (Å²) < 4.78 is 0.166. The highest BCUT2D eigenvalue weighted by Gasteiger charge is 2.38. The van der Waals surface area contributed by atoms with Gasteiger partial charge in [-0.1, -0.05) is 18.2 Å². The molecule has 2 unspecified atom stereocenters. The third-order valence-electron chi connectivity index (χ3n) is 3.97. The highest BCUT2D eigenvalue weighted by molar-refractivity contribution is 8.00. The van der Waals surface area contributed by atoms with E-state index in [4.69, 9.17) is 5.84 Å². The van der Waals surface area contributed by atoms with Gasteiger partial charge in [-0.05, 0) is 43.2 Å². The van der Waals surface area contributed by atoms with Crippen molar-refractivity contribution in [3.8, 4) is 0 Å². The van der Waals surface area contributed by atoms with Gasteiger partial charge in [0.2, 0.25) is 0 Å². The molecule has 4 heteroatoms. The van der Waals surface area contributed by atoms with E-state index in [0.717, 1.165) is 5.52 Å². The number of thioether (sulfide) groups is 1. The van der Waals surface area contributed by atoms with Gasteiger partial charge in [-0.2, -0.15) is 11.8 Å². The standard InChI is InChI=1S/C15H19N3S/c1-15(7-4-8-19-15)14(18-16)12-9-11-5-2-3-6-13(11)17-10-12/h2-3,5-6,9-10,14,18H,4,7-8,16H2,1H3. The first kappa shape index (κ1) is 12.9. The molecule has 1 aliphatic rings. The summed E-state index contributed by atoms with van der Waals surface area (Å²) in [7, 11) is 0. The van der Waals surface area contributed by atoms with Crippen LogP contribution in [0.2, 0.25) is 0 Å². The highest BCUT2D eigenvalue weighted by atomic mass is 32.2. The molecule has 2 heterocycles. The fourth-order valence-electron chi connectivity index (χ4n) is 2.90. The number of hydrogen-bond donors (Lipinski definition) is 2. The van der Waals surface area contributed by atoms with Crippen LogP contribution >= 0.6 is 11.8 Å². The molecule has 3 nitrogen and oxygen atoms in total. The lowest BCUT2D eigenvalue weighted by atomic mass is 9.91. The fraction of sp³-hybridized carbons (Fsp3) is 0.400. The van der Waals surface area contributed by atoms with E-state index < -0.39 is 0 Å². The third-order valence-corrected chi connectivity index (χ3v) is 5.56. The monoisotopic (exact) mass is 273 g/mol. The van der Waals surface area contributed by atoms with Crippen LogP contribution in [0.4, 0.5) is 0 Å². The van der Waals surface area contributed by atoms with Crippen LogP contribution in [0.25, 0.3) is 10.9 Å². The number of pyridine rings is 1. The lowest BCUT2D eigenvalue weighted by molar-refractivity contribution is 0.420. The second-order valence-corrected chi connectivity index (χ2v) is 6.96. The normalized spacial score (nSPS) is 24.7. The van der Waals surface area contributed by atoms with Gasteiger partial charge in [0, 0.05) is 16.3 Å². The number of nitrogens with one attached hydrogen (secondary N) is 1. The predicted octanol–water partition coefficient (Wildman–Crippen LogP) is 3.02. The summed E-state index contributed by atoms with van der Waals surface area (Å²) in [5.74, 6) is 7.04. The van der Waals surface area contributed by atoms with Crippen molar-refractivity contribution in [2.24, 2.45) is 5.84 Å². The van der Waals surface area contributed by atoms with Crippen molar-refractivity contribution in [2.75, 3.05) is 5.75 Å². The Labute approximate surface area is 117 Å². The first-order valence-corrected chi connectivity index (χ1v) is 7.66. The van der Waals surface area contributed by atoms with Gasteiger partial charge in [0.05, 0.1) is 11.6 Å². The van der Waals surface area contributed by atoms with Gasteiger partial charge in [0.15, 0.2) is 0 Å². The maximum atomic E-state index is 5.82. The largest absolute Gasteiger partial charge is 0.271 e. The van der Waals surface area contributed by atoms with Gasteiger partial charge in [-0.15, -0.1) is 0 Å². The number of fused-ring (bicyclic) bond motifs is 1. The summed E-state index contributed by atoms with van der Waals surface area (Å²) in [6, 6.07) is 10.6. The summed E-state index contributed by atoms with van der Waals surface area (Å²) in [5, 5.41) is 1.17. The van der Waals surface area contributed by atoms with Crippen LogP contribution in [0.5, 0.6) is 0 Å². The van der Waals surface area contributed by atoms with Gasteiger partial charge in [-0.25, -0.2) is 0 Å². The molecule has 2 aromatic rings. The maximum Gasteiger partial charge on any atom is 0.0702 e. The van der Waals surface area contributed by atoms with Crippen LogP contribution in [-0.4, -0.2) is 15.5 Å². The molecule has 0 amide bonds. The van der Waals surface area contributed by atoms with Crippen LogP contribution in [-0.2, 0) is 0 Å². The van der Waals surface area contributed by atoms with E-state index >= 15 is 0 Å². The molecule has 3 rings (SSSR count). The van der Waals surface area contributed by atoms with Crippen LogP contribution in [0.1, 0.15) is 31.4 Å². The SMILES string of the molecule is CC1(C(NN)c2cnc3ccccc3c2)CCCS1. The molecule has 0 radical (unpaired) electrons. The molecule has 0 spiro atoms. The third kappa shape index (κ3) is 2.36. The number of aromatic nitrogens is 1. The summed E-state index contributed by atoms with van der Waals surface area (Å²) in [4.78, 5) is 4.55. The Hall–Kier alpha value is -1.10. The zero-order valence-electron chi connectivity index (χ0n) is 11.1. The second kappa shape index (κ2) is 5.12.